The summed E-state index contributed by atoms with van der Waals surface area (Å²) >= 11 is 7.47. The maximum atomic E-state index is 10.7. The zero-order chi connectivity index (χ0) is 15.9. The minimum atomic E-state index is -0.852. The molecule has 0 aliphatic carbocycles. The van der Waals surface area contributed by atoms with Crippen LogP contribution in [0.25, 0.3) is 0 Å². The van der Waals surface area contributed by atoms with Crippen molar-refractivity contribution >= 4 is 28.6 Å². The van der Waals surface area contributed by atoms with Gasteiger partial charge in [0.15, 0.2) is 0 Å². The molecule has 22 heavy (non-hydrogen) atoms. The third-order valence-corrected chi connectivity index (χ3v) is 3.85. The quantitative estimate of drug-likeness (QED) is 0.587. The number of hydrogen-bond donors (Lipinski definition) is 1. The van der Waals surface area contributed by atoms with E-state index in [1.165, 1.54) is 18.2 Å². The molecule has 8 heteroatoms. The van der Waals surface area contributed by atoms with E-state index in [9.17, 15) is 15.2 Å². The SMILES string of the molecule is O=[N+]([O-])c1ccc(Cl)c(OCC(O)COCc2cccs2)c1. The third-order valence-electron chi connectivity index (χ3n) is 2.69. The minimum absolute atomic E-state index is 0.0642. The van der Waals surface area contributed by atoms with Crippen LogP contribution in [0.5, 0.6) is 5.75 Å². The lowest BCUT2D eigenvalue weighted by molar-refractivity contribution is -0.384. The van der Waals surface area contributed by atoms with E-state index in [4.69, 9.17) is 21.1 Å². The fraction of sp³-hybridized carbons (Fsp3) is 0.286. The van der Waals surface area contributed by atoms with Crippen LogP contribution in [0.3, 0.4) is 0 Å². The first-order valence-corrected chi connectivity index (χ1v) is 7.67. The van der Waals surface area contributed by atoms with Crippen molar-refractivity contribution in [1.29, 1.82) is 0 Å². The van der Waals surface area contributed by atoms with E-state index in [1.807, 2.05) is 17.5 Å². The van der Waals surface area contributed by atoms with Crippen molar-refractivity contribution < 1.29 is 19.5 Å². The summed E-state index contributed by atoms with van der Waals surface area (Å²) in [7, 11) is 0. The van der Waals surface area contributed by atoms with Gasteiger partial charge in [0, 0.05) is 10.9 Å². The van der Waals surface area contributed by atoms with Gasteiger partial charge in [-0.3, -0.25) is 10.1 Å². The molecule has 1 N–H and O–H groups in total. The molecule has 1 aromatic carbocycles. The highest BCUT2D eigenvalue weighted by Gasteiger charge is 2.13. The van der Waals surface area contributed by atoms with Gasteiger partial charge in [0.2, 0.25) is 0 Å². The molecule has 0 aliphatic rings. The van der Waals surface area contributed by atoms with Crippen LogP contribution in [0.1, 0.15) is 4.88 Å². The van der Waals surface area contributed by atoms with Crippen molar-refractivity contribution in [1.82, 2.24) is 0 Å². The van der Waals surface area contributed by atoms with Gasteiger partial charge in [-0.05, 0) is 17.5 Å². The van der Waals surface area contributed by atoms with Crippen molar-refractivity contribution in [3.8, 4) is 5.75 Å². The second kappa shape index (κ2) is 8.09. The molecule has 2 rings (SSSR count). The number of nitro benzene ring substituents is 1. The summed E-state index contributed by atoms with van der Waals surface area (Å²) < 4.78 is 10.7. The lowest BCUT2D eigenvalue weighted by Gasteiger charge is -2.13. The van der Waals surface area contributed by atoms with Crippen LogP contribution >= 0.6 is 22.9 Å². The van der Waals surface area contributed by atoms with E-state index in [2.05, 4.69) is 0 Å². The Balaban J connectivity index is 1.79. The van der Waals surface area contributed by atoms with Crippen molar-refractivity contribution in [2.45, 2.75) is 12.7 Å². The predicted octanol–water partition coefficient (Wildman–Crippen LogP) is 3.27. The van der Waals surface area contributed by atoms with Gasteiger partial charge >= 0.3 is 0 Å². The molecule has 0 radical (unpaired) electrons. The van der Waals surface area contributed by atoms with E-state index in [0.29, 0.717) is 6.61 Å². The van der Waals surface area contributed by atoms with Gasteiger partial charge in [-0.2, -0.15) is 0 Å². The van der Waals surface area contributed by atoms with Crippen molar-refractivity contribution in [3.63, 3.8) is 0 Å². The maximum absolute atomic E-state index is 10.7. The number of halogens is 1. The van der Waals surface area contributed by atoms with Gasteiger partial charge < -0.3 is 14.6 Å². The molecule has 1 heterocycles. The fourth-order valence-corrected chi connectivity index (χ4v) is 2.45. The summed E-state index contributed by atoms with van der Waals surface area (Å²) in [6, 6.07) is 7.76. The Labute approximate surface area is 136 Å². The molecular formula is C14H14ClNO5S. The van der Waals surface area contributed by atoms with Gasteiger partial charge in [0.25, 0.3) is 5.69 Å². The van der Waals surface area contributed by atoms with E-state index >= 15 is 0 Å². The molecule has 118 valence electrons. The number of nitrogens with zero attached hydrogens (tertiary/aromatic N) is 1. The van der Waals surface area contributed by atoms with Crippen LogP contribution in [0.2, 0.25) is 5.02 Å². The minimum Gasteiger partial charge on any atom is -0.489 e. The van der Waals surface area contributed by atoms with Gasteiger partial charge in [0.1, 0.15) is 18.5 Å². The van der Waals surface area contributed by atoms with Crippen LogP contribution in [0, 0.1) is 10.1 Å². The lowest BCUT2D eigenvalue weighted by atomic mass is 10.3. The smallest absolute Gasteiger partial charge is 0.273 e. The molecule has 2 aromatic rings. The van der Waals surface area contributed by atoms with E-state index in [-0.39, 0.29) is 29.7 Å². The molecule has 0 bridgehead atoms. The highest BCUT2D eigenvalue weighted by atomic mass is 35.5. The average Bonchev–Trinajstić information content (AvgIpc) is 2.99. The number of thiophene rings is 1. The Kier molecular flexibility index (Phi) is 6.14. The number of aliphatic hydroxyl groups is 1. The largest absolute Gasteiger partial charge is 0.489 e. The Bertz CT molecular complexity index is 620. The molecule has 0 saturated heterocycles. The zero-order valence-electron chi connectivity index (χ0n) is 11.5. The molecule has 0 fully saturated rings. The van der Waals surface area contributed by atoms with Crippen LogP contribution < -0.4 is 4.74 Å². The third kappa shape index (κ3) is 4.96. The number of ether oxygens (including phenoxy) is 2. The van der Waals surface area contributed by atoms with E-state index in [1.54, 1.807) is 11.3 Å². The summed E-state index contributed by atoms with van der Waals surface area (Å²) in [6.45, 7) is 0.460. The molecular weight excluding hydrogens is 330 g/mol. The number of rotatable bonds is 8. The molecule has 1 aromatic heterocycles. The van der Waals surface area contributed by atoms with Crippen molar-refractivity contribution in [2.24, 2.45) is 0 Å². The summed E-state index contributed by atoms with van der Waals surface area (Å²) in [5.74, 6) is 0.160. The zero-order valence-corrected chi connectivity index (χ0v) is 13.0. The highest BCUT2D eigenvalue weighted by Crippen LogP contribution is 2.28. The number of benzene rings is 1. The summed E-state index contributed by atoms with van der Waals surface area (Å²) in [6.07, 6.45) is -0.852. The summed E-state index contributed by atoms with van der Waals surface area (Å²) in [5.41, 5.74) is -0.122. The summed E-state index contributed by atoms with van der Waals surface area (Å²) in [5, 5.41) is 22.7. The molecule has 0 aliphatic heterocycles. The van der Waals surface area contributed by atoms with Crippen molar-refractivity contribution in [3.05, 3.63) is 55.7 Å². The number of nitro groups is 1. The van der Waals surface area contributed by atoms with Crippen LogP contribution in [-0.4, -0.2) is 29.3 Å². The maximum Gasteiger partial charge on any atom is 0.273 e. The number of aliphatic hydroxyl groups excluding tert-OH is 1. The Morgan fingerprint density at radius 2 is 2.18 bits per heavy atom. The Morgan fingerprint density at radius 3 is 2.86 bits per heavy atom. The van der Waals surface area contributed by atoms with E-state index in [0.717, 1.165) is 4.88 Å². The topological polar surface area (TPSA) is 81.8 Å². The first kappa shape index (κ1) is 16.7. The molecule has 0 spiro atoms. The first-order chi connectivity index (χ1) is 10.6. The molecule has 6 nitrogen and oxygen atoms in total. The molecule has 0 saturated carbocycles. The Morgan fingerprint density at radius 1 is 1.36 bits per heavy atom. The average molecular weight is 344 g/mol. The van der Waals surface area contributed by atoms with Gasteiger partial charge in [-0.25, -0.2) is 0 Å². The van der Waals surface area contributed by atoms with E-state index < -0.39 is 11.0 Å². The molecule has 1 unspecified atom stereocenters. The van der Waals surface area contributed by atoms with Crippen LogP contribution in [0.15, 0.2) is 35.7 Å². The van der Waals surface area contributed by atoms with Crippen LogP contribution in [-0.2, 0) is 11.3 Å². The number of non-ortho nitro benzene ring substituents is 1. The van der Waals surface area contributed by atoms with Gasteiger partial charge in [-0.15, -0.1) is 11.3 Å². The summed E-state index contributed by atoms with van der Waals surface area (Å²) in [4.78, 5) is 11.2. The van der Waals surface area contributed by atoms with Crippen molar-refractivity contribution in [2.75, 3.05) is 13.2 Å². The molecule has 0 amide bonds. The standard InChI is InChI=1S/C14H14ClNO5S/c15-13-4-3-10(16(18)19)6-14(13)21-8-11(17)7-20-9-12-2-1-5-22-12/h1-6,11,17H,7-9H2. The predicted molar refractivity (Wildman–Crippen MR) is 83.6 cm³/mol. The first-order valence-electron chi connectivity index (χ1n) is 6.41. The van der Waals surface area contributed by atoms with Crippen LogP contribution in [0.4, 0.5) is 5.69 Å². The second-order valence-corrected chi connectivity index (χ2v) is 5.87. The second-order valence-electron chi connectivity index (χ2n) is 4.43. The highest BCUT2D eigenvalue weighted by molar-refractivity contribution is 7.09. The fourth-order valence-electron chi connectivity index (χ4n) is 1.64. The molecule has 1 atom stereocenters. The van der Waals surface area contributed by atoms with Gasteiger partial charge in [-0.1, -0.05) is 17.7 Å². The normalized spacial score (nSPS) is 12.1. The monoisotopic (exact) mass is 343 g/mol. The Hall–Kier alpha value is -1.67. The number of hydrogen-bond acceptors (Lipinski definition) is 6. The lowest BCUT2D eigenvalue weighted by Crippen LogP contribution is -2.23. The van der Waals surface area contributed by atoms with Gasteiger partial charge in [0.05, 0.1) is 29.2 Å².